The van der Waals surface area contributed by atoms with Crippen LogP contribution in [0.25, 0.3) is 11.0 Å². The highest BCUT2D eigenvalue weighted by Crippen LogP contribution is 2.26. The van der Waals surface area contributed by atoms with Crippen LogP contribution in [0.1, 0.15) is 34.8 Å². The van der Waals surface area contributed by atoms with Crippen LogP contribution in [-0.2, 0) is 0 Å². The predicted octanol–water partition coefficient (Wildman–Crippen LogP) is 2.48. The molecule has 0 spiro atoms. The van der Waals surface area contributed by atoms with Crippen molar-refractivity contribution in [3.8, 4) is 0 Å². The first-order chi connectivity index (χ1) is 10.1. The highest BCUT2D eigenvalue weighted by atomic mass is 32.1. The predicted molar refractivity (Wildman–Crippen MR) is 80.1 cm³/mol. The monoisotopic (exact) mass is 303 g/mol. The summed E-state index contributed by atoms with van der Waals surface area (Å²) in [6, 6.07) is 4.67. The van der Waals surface area contributed by atoms with E-state index in [1.807, 2.05) is 12.3 Å². The van der Waals surface area contributed by atoms with E-state index in [-0.39, 0.29) is 17.3 Å². The van der Waals surface area contributed by atoms with Crippen molar-refractivity contribution in [3.05, 3.63) is 50.8 Å². The summed E-state index contributed by atoms with van der Waals surface area (Å²) in [4.78, 5) is 30.5. The molecule has 0 aliphatic rings. The Morgan fingerprint density at radius 3 is 2.95 bits per heavy atom. The number of benzene rings is 1. The van der Waals surface area contributed by atoms with Crippen LogP contribution in [0.4, 0.5) is 0 Å². The third-order valence-electron chi connectivity index (χ3n) is 3.42. The lowest BCUT2D eigenvalue weighted by Crippen LogP contribution is -2.22. The van der Waals surface area contributed by atoms with Crippen molar-refractivity contribution < 1.29 is 9.90 Å². The highest BCUT2D eigenvalue weighted by Gasteiger charge is 2.21. The fraction of sp³-hybridized carbons (Fsp3) is 0.214. The summed E-state index contributed by atoms with van der Waals surface area (Å²) in [6.45, 7) is 1.97. The Morgan fingerprint density at radius 1 is 1.52 bits per heavy atom. The van der Waals surface area contributed by atoms with Gasteiger partial charge in [-0.05, 0) is 18.6 Å². The molecule has 3 aromatic rings. The SMILES string of the molecule is CCC(c1nccs1)n1c(=O)[nH]c2c(C(=O)O)cccc21. The maximum Gasteiger partial charge on any atom is 0.337 e. The molecule has 1 aromatic carbocycles. The molecule has 0 fully saturated rings. The normalized spacial score (nSPS) is 12.6. The number of aromatic amines is 1. The van der Waals surface area contributed by atoms with Crippen molar-refractivity contribution in [2.24, 2.45) is 0 Å². The summed E-state index contributed by atoms with van der Waals surface area (Å²) in [5.41, 5.74) is 0.713. The van der Waals surface area contributed by atoms with Crippen molar-refractivity contribution in [2.75, 3.05) is 0 Å². The van der Waals surface area contributed by atoms with E-state index >= 15 is 0 Å². The second kappa shape index (κ2) is 5.17. The standard InChI is InChI=1S/C14H13N3O3S/c1-2-9(12-15-6-7-21-12)17-10-5-3-4-8(13(18)19)11(10)16-14(17)20/h3-7,9H,2H2,1H3,(H,16,20)(H,18,19). The number of carboxylic acid groups (broad SMARTS) is 1. The number of thiazole rings is 1. The van der Waals surface area contributed by atoms with Gasteiger partial charge in [-0.15, -0.1) is 11.3 Å². The fourth-order valence-electron chi connectivity index (χ4n) is 2.50. The van der Waals surface area contributed by atoms with Crippen LogP contribution in [0.2, 0.25) is 0 Å². The minimum Gasteiger partial charge on any atom is -0.478 e. The molecule has 1 atom stereocenters. The minimum atomic E-state index is -1.06. The van der Waals surface area contributed by atoms with Gasteiger partial charge in [-0.2, -0.15) is 0 Å². The van der Waals surface area contributed by atoms with Gasteiger partial charge in [-0.25, -0.2) is 14.6 Å². The number of carboxylic acids is 1. The Kier molecular flexibility index (Phi) is 3.34. The molecule has 7 heteroatoms. The van der Waals surface area contributed by atoms with Gasteiger partial charge in [0.2, 0.25) is 0 Å². The number of rotatable bonds is 4. The van der Waals surface area contributed by atoms with E-state index < -0.39 is 5.97 Å². The molecule has 2 aromatic heterocycles. The lowest BCUT2D eigenvalue weighted by molar-refractivity contribution is 0.0699. The lowest BCUT2D eigenvalue weighted by atomic mass is 10.1. The van der Waals surface area contributed by atoms with E-state index in [2.05, 4.69) is 9.97 Å². The van der Waals surface area contributed by atoms with Gasteiger partial charge in [0.1, 0.15) is 5.01 Å². The number of nitrogens with zero attached hydrogens (tertiary/aromatic N) is 2. The van der Waals surface area contributed by atoms with E-state index in [0.717, 1.165) is 5.01 Å². The zero-order chi connectivity index (χ0) is 15.0. The van der Waals surface area contributed by atoms with Gasteiger partial charge in [-0.3, -0.25) is 4.57 Å². The molecule has 0 saturated heterocycles. The van der Waals surface area contributed by atoms with Crippen molar-refractivity contribution in [1.82, 2.24) is 14.5 Å². The molecule has 6 nitrogen and oxygen atoms in total. The Balaban J connectivity index is 2.28. The van der Waals surface area contributed by atoms with E-state index in [4.69, 9.17) is 0 Å². The van der Waals surface area contributed by atoms with E-state index in [1.165, 1.54) is 17.4 Å². The third-order valence-corrected chi connectivity index (χ3v) is 4.29. The third kappa shape index (κ3) is 2.15. The van der Waals surface area contributed by atoms with Crippen molar-refractivity contribution in [3.63, 3.8) is 0 Å². The zero-order valence-corrected chi connectivity index (χ0v) is 12.1. The highest BCUT2D eigenvalue weighted by molar-refractivity contribution is 7.09. The number of aromatic carboxylic acids is 1. The summed E-state index contributed by atoms with van der Waals surface area (Å²) in [5, 5.41) is 11.9. The number of imidazole rings is 1. The summed E-state index contributed by atoms with van der Waals surface area (Å²) >= 11 is 1.48. The van der Waals surface area contributed by atoms with E-state index in [1.54, 1.807) is 22.9 Å². The number of carbonyl (C=O) groups is 1. The lowest BCUT2D eigenvalue weighted by Gasteiger charge is -2.14. The number of para-hydroxylation sites is 1. The van der Waals surface area contributed by atoms with Gasteiger partial charge in [0, 0.05) is 11.6 Å². The molecular weight excluding hydrogens is 290 g/mol. The summed E-state index contributed by atoms with van der Waals surface area (Å²) < 4.78 is 1.58. The molecule has 0 radical (unpaired) electrons. The first kappa shape index (κ1) is 13.6. The molecule has 3 rings (SSSR count). The van der Waals surface area contributed by atoms with Crippen LogP contribution in [0.15, 0.2) is 34.6 Å². The summed E-state index contributed by atoms with van der Waals surface area (Å²) in [6.07, 6.45) is 2.39. The fourth-order valence-corrected chi connectivity index (χ4v) is 3.32. The Morgan fingerprint density at radius 2 is 2.33 bits per heavy atom. The topological polar surface area (TPSA) is 88.0 Å². The Labute approximate surface area is 123 Å². The smallest absolute Gasteiger partial charge is 0.337 e. The first-order valence-electron chi connectivity index (χ1n) is 6.49. The number of H-pyrrole nitrogens is 1. The summed E-state index contributed by atoms with van der Waals surface area (Å²) in [5.74, 6) is -1.06. The van der Waals surface area contributed by atoms with E-state index in [0.29, 0.717) is 17.5 Å². The van der Waals surface area contributed by atoms with Gasteiger partial charge in [0.05, 0.1) is 22.6 Å². The molecule has 0 aliphatic carbocycles. The minimum absolute atomic E-state index is 0.0948. The van der Waals surface area contributed by atoms with Gasteiger partial charge in [0.15, 0.2) is 0 Å². The number of nitrogens with one attached hydrogen (secondary N) is 1. The van der Waals surface area contributed by atoms with Gasteiger partial charge < -0.3 is 10.1 Å². The molecule has 1 unspecified atom stereocenters. The van der Waals surface area contributed by atoms with Gasteiger partial charge in [0.25, 0.3) is 0 Å². The molecule has 2 heterocycles. The molecule has 0 aliphatic heterocycles. The molecular formula is C14H13N3O3S. The molecule has 2 N–H and O–H groups in total. The van der Waals surface area contributed by atoms with Crippen LogP contribution >= 0.6 is 11.3 Å². The van der Waals surface area contributed by atoms with Gasteiger partial charge >= 0.3 is 11.7 Å². The maximum absolute atomic E-state index is 12.3. The average molecular weight is 303 g/mol. The van der Waals surface area contributed by atoms with Crippen LogP contribution in [0.5, 0.6) is 0 Å². The number of hydrogen-bond donors (Lipinski definition) is 2. The molecule has 0 bridgehead atoms. The molecule has 21 heavy (non-hydrogen) atoms. The Hall–Kier alpha value is -2.41. The van der Waals surface area contributed by atoms with Crippen LogP contribution in [0.3, 0.4) is 0 Å². The second-order valence-corrected chi connectivity index (χ2v) is 5.53. The van der Waals surface area contributed by atoms with E-state index in [9.17, 15) is 14.7 Å². The summed E-state index contributed by atoms with van der Waals surface area (Å²) in [7, 11) is 0. The average Bonchev–Trinajstić information content (AvgIpc) is 3.08. The molecule has 108 valence electrons. The van der Waals surface area contributed by atoms with Crippen molar-refractivity contribution in [2.45, 2.75) is 19.4 Å². The number of fused-ring (bicyclic) bond motifs is 1. The maximum atomic E-state index is 12.3. The zero-order valence-electron chi connectivity index (χ0n) is 11.2. The number of hydrogen-bond acceptors (Lipinski definition) is 4. The first-order valence-corrected chi connectivity index (χ1v) is 7.37. The van der Waals surface area contributed by atoms with Crippen LogP contribution in [0, 0.1) is 0 Å². The quantitative estimate of drug-likeness (QED) is 0.775. The number of aromatic nitrogens is 3. The molecule has 0 amide bonds. The largest absolute Gasteiger partial charge is 0.478 e. The van der Waals surface area contributed by atoms with Crippen LogP contribution < -0.4 is 5.69 Å². The van der Waals surface area contributed by atoms with Crippen molar-refractivity contribution in [1.29, 1.82) is 0 Å². The Bertz CT molecular complexity index is 848. The van der Waals surface area contributed by atoms with Crippen molar-refractivity contribution >= 4 is 28.3 Å². The van der Waals surface area contributed by atoms with Gasteiger partial charge in [-0.1, -0.05) is 13.0 Å². The van der Waals surface area contributed by atoms with Crippen LogP contribution in [-0.4, -0.2) is 25.6 Å². The molecule has 0 saturated carbocycles. The second-order valence-electron chi connectivity index (χ2n) is 4.60.